The molecule has 0 saturated heterocycles. The van der Waals surface area contributed by atoms with Gasteiger partial charge in [0.25, 0.3) is 10.1 Å². The average molecular weight is 487 g/mol. The summed E-state index contributed by atoms with van der Waals surface area (Å²) >= 11 is 0. The molecule has 0 aromatic heterocycles. The summed E-state index contributed by atoms with van der Waals surface area (Å²) in [4.78, 5) is 12.7. The Morgan fingerprint density at radius 1 is 1.00 bits per heavy atom. The highest BCUT2D eigenvalue weighted by molar-refractivity contribution is 7.86. The third kappa shape index (κ3) is 3.76. The van der Waals surface area contributed by atoms with Gasteiger partial charge in [-0.25, -0.2) is 0 Å². The molecule has 0 bridgehead atoms. The summed E-state index contributed by atoms with van der Waals surface area (Å²) in [5.41, 5.74) is 2.55. The second kappa shape index (κ2) is 8.48. The minimum absolute atomic E-state index is 0.0257. The smallest absolute Gasteiger partial charge is 0.309 e. The van der Waals surface area contributed by atoms with Gasteiger partial charge in [0, 0.05) is 0 Å². The molecule has 4 aliphatic rings. The number of esters is 1. The lowest BCUT2D eigenvalue weighted by Crippen LogP contribution is -2.51. The van der Waals surface area contributed by atoms with Crippen molar-refractivity contribution < 1.29 is 22.1 Å². The number of hydrogen-bond acceptors (Lipinski definition) is 5. The molecule has 6 heteroatoms. The second-order valence-electron chi connectivity index (χ2n) is 11.7. The lowest BCUT2D eigenvalue weighted by atomic mass is 9.47. The molecular weight excluding hydrogens is 448 g/mol. The number of aryl methyl sites for hydroxylation is 1. The average Bonchev–Trinajstić information content (AvgIpc) is 3.16. The van der Waals surface area contributed by atoms with Crippen molar-refractivity contribution >= 4 is 16.1 Å². The SMILES string of the molecule is COC(=O)[C@H]1CCC2C3CC=C4C[C@@H](OS(=O)(=O)c5ccc(C)cc5)CC[C@]4(C)C3CC[C@@]21C. The molecule has 0 spiro atoms. The van der Waals surface area contributed by atoms with Gasteiger partial charge in [-0.05, 0) is 99.0 Å². The third-order valence-corrected chi connectivity index (χ3v) is 11.5. The van der Waals surface area contributed by atoms with E-state index in [0.717, 1.165) is 50.5 Å². The van der Waals surface area contributed by atoms with Crippen LogP contribution in [0.15, 0.2) is 40.8 Å². The monoisotopic (exact) mass is 486 g/mol. The van der Waals surface area contributed by atoms with Crippen LogP contribution in [0, 0.1) is 41.4 Å². The van der Waals surface area contributed by atoms with Crippen LogP contribution >= 0.6 is 0 Å². The number of carbonyl (C=O) groups excluding carboxylic acids is 1. The predicted octanol–water partition coefficient (Wildman–Crippen LogP) is 5.82. The molecule has 3 unspecified atom stereocenters. The first-order chi connectivity index (χ1) is 16.1. The molecule has 5 nitrogen and oxygen atoms in total. The van der Waals surface area contributed by atoms with E-state index >= 15 is 0 Å². The second-order valence-corrected chi connectivity index (χ2v) is 13.3. The molecule has 0 heterocycles. The van der Waals surface area contributed by atoms with Crippen LogP contribution in [0.3, 0.4) is 0 Å². The molecule has 1 aromatic rings. The summed E-state index contributed by atoms with van der Waals surface area (Å²) in [7, 11) is -2.25. The van der Waals surface area contributed by atoms with E-state index in [9.17, 15) is 13.2 Å². The van der Waals surface area contributed by atoms with Gasteiger partial charge in [-0.2, -0.15) is 8.42 Å². The highest BCUT2D eigenvalue weighted by atomic mass is 32.2. The van der Waals surface area contributed by atoms with Gasteiger partial charge in [0.2, 0.25) is 0 Å². The molecule has 34 heavy (non-hydrogen) atoms. The van der Waals surface area contributed by atoms with E-state index in [1.807, 2.05) is 19.1 Å². The molecule has 3 saturated carbocycles. The minimum Gasteiger partial charge on any atom is -0.469 e. The van der Waals surface area contributed by atoms with Crippen molar-refractivity contribution in [1.82, 2.24) is 0 Å². The minimum atomic E-state index is -3.77. The van der Waals surface area contributed by atoms with Crippen molar-refractivity contribution in [3.8, 4) is 0 Å². The Balaban J connectivity index is 1.33. The van der Waals surface area contributed by atoms with Crippen molar-refractivity contribution in [2.75, 3.05) is 7.11 Å². The van der Waals surface area contributed by atoms with Crippen LogP contribution in [0.25, 0.3) is 0 Å². The van der Waals surface area contributed by atoms with E-state index in [0.29, 0.717) is 24.2 Å². The normalized spacial score (nSPS) is 39.4. The van der Waals surface area contributed by atoms with Crippen molar-refractivity contribution in [2.24, 2.45) is 34.5 Å². The molecule has 7 atom stereocenters. The first kappa shape index (κ1) is 24.1. The molecule has 4 aliphatic carbocycles. The van der Waals surface area contributed by atoms with Gasteiger partial charge in [-0.3, -0.25) is 8.98 Å². The number of methoxy groups -OCH3 is 1. The van der Waals surface area contributed by atoms with Crippen LogP contribution < -0.4 is 0 Å². The summed E-state index contributed by atoms with van der Waals surface area (Å²) in [5.74, 6) is 1.74. The van der Waals surface area contributed by atoms with E-state index in [4.69, 9.17) is 8.92 Å². The van der Waals surface area contributed by atoms with Gasteiger partial charge in [0.1, 0.15) is 0 Å². The molecule has 3 fully saturated rings. The van der Waals surface area contributed by atoms with E-state index in [-0.39, 0.29) is 33.7 Å². The zero-order chi connectivity index (χ0) is 24.3. The summed E-state index contributed by atoms with van der Waals surface area (Å²) in [6.45, 7) is 6.66. The topological polar surface area (TPSA) is 69.7 Å². The number of benzene rings is 1. The fourth-order valence-electron chi connectivity index (χ4n) is 8.18. The van der Waals surface area contributed by atoms with Crippen LogP contribution in [-0.2, 0) is 23.8 Å². The maximum atomic E-state index is 12.9. The Hall–Kier alpha value is -1.66. The van der Waals surface area contributed by atoms with Crippen LogP contribution in [0.5, 0.6) is 0 Å². The van der Waals surface area contributed by atoms with Crippen LogP contribution in [0.1, 0.15) is 70.8 Å². The van der Waals surface area contributed by atoms with Crippen molar-refractivity contribution in [3.05, 3.63) is 41.5 Å². The Labute approximate surface area is 204 Å². The maximum absolute atomic E-state index is 12.9. The summed E-state index contributed by atoms with van der Waals surface area (Å²) in [6, 6.07) is 6.87. The quantitative estimate of drug-likeness (QED) is 0.305. The molecule has 186 valence electrons. The summed E-state index contributed by atoms with van der Waals surface area (Å²) < 4.78 is 36.7. The summed E-state index contributed by atoms with van der Waals surface area (Å²) in [6.07, 6.45) is 9.79. The summed E-state index contributed by atoms with van der Waals surface area (Å²) in [5, 5.41) is 0. The standard InChI is InChI=1S/C28H38O5S/c1-18-5-8-21(9-6-18)34(30,31)33-20-13-15-27(2)19(17-20)7-10-22-23-11-12-25(26(29)32-4)28(23,3)16-14-24(22)27/h5-9,20,22-25H,10-17H2,1-4H3/t20-,22?,23?,24?,25+,27-,28-/m0/s1. The van der Waals surface area contributed by atoms with E-state index in [1.165, 1.54) is 12.7 Å². The third-order valence-electron chi connectivity index (χ3n) is 10.1. The van der Waals surface area contributed by atoms with Crippen molar-refractivity contribution in [3.63, 3.8) is 0 Å². The Morgan fingerprint density at radius 2 is 1.74 bits per heavy atom. The first-order valence-corrected chi connectivity index (χ1v) is 14.3. The fourth-order valence-corrected chi connectivity index (χ4v) is 9.28. The van der Waals surface area contributed by atoms with Gasteiger partial charge < -0.3 is 4.74 Å². The lowest BCUT2D eigenvalue weighted by Gasteiger charge is -2.57. The molecule has 1 aromatic carbocycles. The van der Waals surface area contributed by atoms with Crippen LogP contribution in [-0.4, -0.2) is 27.6 Å². The number of rotatable bonds is 4. The molecule has 0 aliphatic heterocycles. The van der Waals surface area contributed by atoms with E-state index < -0.39 is 10.1 Å². The zero-order valence-corrected chi connectivity index (χ0v) is 21.7. The zero-order valence-electron chi connectivity index (χ0n) is 20.9. The maximum Gasteiger partial charge on any atom is 0.309 e. The number of ether oxygens (including phenoxy) is 1. The highest BCUT2D eigenvalue weighted by Gasteiger charge is 2.60. The van der Waals surface area contributed by atoms with Gasteiger partial charge in [0.05, 0.1) is 24.0 Å². The number of carbonyl (C=O) groups is 1. The van der Waals surface area contributed by atoms with E-state index in [2.05, 4.69) is 19.9 Å². The van der Waals surface area contributed by atoms with Crippen molar-refractivity contribution in [1.29, 1.82) is 0 Å². The Bertz CT molecular complexity index is 1090. The molecule has 5 rings (SSSR count). The number of fused-ring (bicyclic) bond motifs is 5. The van der Waals surface area contributed by atoms with Gasteiger partial charge in [0.15, 0.2) is 0 Å². The van der Waals surface area contributed by atoms with E-state index in [1.54, 1.807) is 12.1 Å². The predicted molar refractivity (Wildman–Crippen MR) is 130 cm³/mol. The molecule has 0 amide bonds. The van der Waals surface area contributed by atoms with Gasteiger partial charge in [-0.15, -0.1) is 0 Å². The Morgan fingerprint density at radius 3 is 2.44 bits per heavy atom. The first-order valence-electron chi connectivity index (χ1n) is 12.9. The van der Waals surface area contributed by atoms with Gasteiger partial charge in [-0.1, -0.05) is 43.2 Å². The van der Waals surface area contributed by atoms with Crippen LogP contribution in [0.2, 0.25) is 0 Å². The molecule has 0 N–H and O–H groups in total. The number of allylic oxidation sites excluding steroid dienone is 1. The lowest BCUT2D eigenvalue weighted by molar-refractivity contribution is -0.152. The highest BCUT2D eigenvalue weighted by Crippen LogP contribution is 2.66. The number of hydrogen-bond donors (Lipinski definition) is 0. The molecular formula is C28H38O5S. The molecule has 0 radical (unpaired) electrons. The fraction of sp³-hybridized carbons (Fsp3) is 0.679. The van der Waals surface area contributed by atoms with Crippen LogP contribution in [0.4, 0.5) is 0 Å². The van der Waals surface area contributed by atoms with Gasteiger partial charge >= 0.3 is 5.97 Å². The van der Waals surface area contributed by atoms with Crippen molar-refractivity contribution in [2.45, 2.75) is 83.1 Å². The Kier molecular flexibility index (Phi) is 6.00. The largest absolute Gasteiger partial charge is 0.469 e.